The summed E-state index contributed by atoms with van der Waals surface area (Å²) in [6, 6.07) is 0. The van der Waals surface area contributed by atoms with Crippen LogP contribution in [0.4, 0.5) is 5.82 Å². The molecule has 2 atom stereocenters. The minimum atomic E-state index is -0.169. The first-order valence-corrected chi connectivity index (χ1v) is 6.60. The van der Waals surface area contributed by atoms with Crippen molar-refractivity contribution in [1.29, 1.82) is 0 Å². The van der Waals surface area contributed by atoms with Gasteiger partial charge in [0.15, 0.2) is 0 Å². The molecule has 0 bridgehead atoms. The molecule has 0 radical (unpaired) electrons. The van der Waals surface area contributed by atoms with Crippen LogP contribution >= 0.6 is 15.9 Å². The van der Waals surface area contributed by atoms with Crippen molar-refractivity contribution in [3.8, 4) is 0 Å². The molecule has 17 heavy (non-hydrogen) atoms. The number of halogens is 1. The van der Waals surface area contributed by atoms with E-state index in [-0.39, 0.29) is 5.56 Å². The average Bonchev–Trinajstić information content (AvgIpc) is 2.78. The van der Waals surface area contributed by atoms with E-state index in [4.69, 9.17) is 4.74 Å². The highest BCUT2D eigenvalue weighted by Gasteiger charge is 2.26. The lowest BCUT2D eigenvalue weighted by molar-refractivity contribution is 0.0900. The molecular weight excluding hydrogens is 286 g/mol. The number of nitrogens with one attached hydrogen (secondary N) is 2. The van der Waals surface area contributed by atoms with Gasteiger partial charge >= 0.3 is 0 Å². The van der Waals surface area contributed by atoms with Crippen molar-refractivity contribution in [2.75, 3.05) is 18.5 Å². The summed E-state index contributed by atoms with van der Waals surface area (Å²) in [6.45, 7) is 3.74. The third-order valence-corrected chi connectivity index (χ3v) is 3.81. The normalized spacial score (nSPS) is 23.9. The fourth-order valence-corrected chi connectivity index (χ4v) is 2.47. The SMILES string of the molecule is CCC1OCCC1CNc1nc[nH]c(=O)c1Br. The molecule has 1 aromatic rings. The first kappa shape index (κ1) is 12.6. The average molecular weight is 302 g/mol. The summed E-state index contributed by atoms with van der Waals surface area (Å²) in [4.78, 5) is 18.0. The van der Waals surface area contributed by atoms with Gasteiger partial charge in [0.25, 0.3) is 5.56 Å². The Kier molecular flexibility index (Phi) is 4.17. The van der Waals surface area contributed by atoms with Gasteiger partial charge in [0.05, 0.1) is 12.4 Å². The monoisotopic (exact) mass is 301 g/mol. The second-order valence-corrected chi connectivity index (χ2v) is 4.93. The summed E-state index contributed by atoms with van der Waals surface area (Å²) in [5.74, 6) is 1.09. The molecule has 1 aromatic heterocycles. The Balaban J connectivity index is 1.98. The molecule has 2 heterocycles. The van der Waals surface area contributed by atoms with Gasteiger partial charge in [0.2, 0.25) is 0 Å². The Hall–Kier alpha value is -0.880. The van der Waals surface area contributed by atoms with E-state index >= 15 is 0 Å². The minimum absolute atomic E-state index is 0.169. The highest BCUT2D eigenvalue weighted by molar-refractivity contribution is 9.10. The molecule has 6 heteroatoms. The minimum Gasteiger partial charge on any atom is -0.378 e. The predicted octanol–water partition coefficient (Wildman–Crippen LogP) is 1.76. The third-order valence-electron chi connectivity index (χ3n) is 3.08. The standard InChI is InChI=1S/C11H16BrN3O2/c1-2-8-7(3-4-17-8)5-13-10-9(12)11(16)15-6-14-10/h6-8H,2-5H2,1H3,(H2,13,14,15,16). The van der Waals surface area contributed by atoms with Crippen LogP contribution in [0.15, 0.2) is 15.6 Å². The van der Waals surface area contributed by atoms with E-state index in [9.17, 15) is 4.79 Å². The lowest BCUT2D eigenvalue weighted by Gasteiger charge is -2.17. The molecule has 1 aliphatic heterocycles. The van der Waals surface area contributed by atoms with Crippen molar-refractivity contribution in [2.45, 2.75) is 25.9 Å². The van der Waals surface area contributed by atoms with Crippen LogP contribution in [0, 0.1) is 5.92 Å². The van der Waals surface area contributed by atoms with Crippen LogP contribution in [0.1, 0.15) is 19.8 Å². The number of aromatic nitrogens is 2. The van der Waals surface area contributed by atoms with Crippen LogP contribution in [0.2, 0.25) is 0 Å². The summed E-state index contributed by atoms with van der Waals surface area (Å²) < 4.78 is 6.07. The van der Waals surface area contributed by atoms with Crippen molar-refractivity contribution in [3.05, 3.63) is 21.2 Å². The zero-order valence-electron chi connectivity index (χ0n) is 9.70. The molecule has 1 fully saturated rings. The fourth-order valence-electron chi connectivity index (χ4n) is 2.11. The molecule has 2 unspecified atom stereocenters. The summed E-state index contributed by atoms with van der Waals surface area (Å²) >= 11 is 3.22. The second-order valence-electron chi connectivity index (χ2n) is 4.14. The lowest BCUT2D eigenvalue weighted by Crippen LogP contribution is -2.24. The molecule has 0 amide bonds. The number of anilines is 1. The van der Waals surface area contributed by atoms with Crippen molar-refractivity contribution in [3.63, 3.8) is 0 Å². The second kappa shape index (κ2) is 5.64. The smallest absolute Gasteiger partial charge is 0.267 e. The van der Waals surface area contributed by atoms with E-state index in [1.807, 2.05) is 0 Å². The van der Waals surface area contributed by atoms with Gasteiger partial charge in [0, 0.05) is 19.1 Å². The number of rotatable bonds is 4. The van der Waals surface area contributed by atoms with Gasteiger partial charge in [-0.1, -0.05) is 6.92 Å². The Labute approximate surface area is 108 Å². The first-order chi connectivity index (χ1) is 8.22. The topological polar surface area (TPSA) is 67.0 Å². The lowest BCUT2D eigenvalue weighted by atomic mass is 10.00. The van der Waals surface area contributed by atoms with Crippen LogP contribution in [0.3, 0.4) is 0 Å². The predicted molar refractivity (Wildman–Crippen MR) is 69.2 cm³/mol. The molecule has 2 N–H and O–H groups in total. The summed E-state index contributed by atoms with van der Waals surface area (Å²) in [6.07, 6.45) is 3.81. The Morgan fingerprint density at radius 3 is 3.29 bits per heavy atom. The van der Waals surface area contributed by atoms with Gasteiger partial charge in [-0.25, -0.2) is 4.98 Å². The van der Waals surface area contributed by atoms with E-state index in [0.29, 0.717) is 22.3 Å². The highest BCUT2D eigenvalue weighted by Crippen LogP contribution is 2.24. The molecule has 1 saturated heterocycles. The third kappa shape index (κ3) is 2.87. The molecule has 0 saturated carbocycles. The van der Waals surface area contributed by atoms with Crippen molar-refractivity contribution < 1.29 is 4.74 Å². The van der Waals surface area contributed by atoms with Gasteiger partial charge in [-0.15, -0.1) is 0 Å². The number of ether oxygens (including phenoxy) is 1. The van der Waals surface area contributed by atoms with Crippen molar-refractivity contribution in [2.24, 2.45) is 5.92 Å². The Bertz CT molecular complexity index is 435. The van der Waals surface area contributed by atoms with Gasteiger partial charge in [0.1, 0.15) is 10.3 Å². The number of hydrogen-bond acceptors (Lipinski definition) is 4. The Morgan fingerprint density at radius 1 is 1.71 bits per heavy atom. The molecular formula is C11H16BrN3O2. The Morgan fingerprint density at radius 2 is 2.53 bits per heavy atom. The quantitative estimate of drug-likeness (QED) is 0.889. The number of H-pyrrole nitrogens is 1. The van der Waals surface area contributed by atoms with E-state index in [1.54, 1.807) is 0 Å². The van der Waals surface area contributed by atoms with E-state index in [2.05, 4.69) is 38.1 Å². The van der Waals surface area contributed by atoms with Gasteiger partial charge in [-0.3, -0.25) is 4.79 Å². The maximum Gasteiger partial charge on any atom is 0.267 e. The van der Waals surface area contributed by atoms with Gasteiger partial charge in [-0.05, 0) is 28.8 Å². The molecule has 0 aromatic carbocycles. The first-order valence-electron chi connectivity index (χ1n) is 5.81. The molecule has 0 aliphatic carbocycles. The summed E-state index contributed by atoms with van der Waals surface area (Å²) in [7, 11) is 0. The van der Waals surface area contributed by atoms with E-state index in [0.717, 1.165) is 26.0 Å². The molecule has 1 aliphatic rings. The number of nitrogens with zero attached hydrogens (tertiary/aromatic N) is 1. The van der Waals surface area contributed by atoms with Crippen LogP contribution in [-0.2, 0) is 4.74 Å². The largest absolute Gasteiger partial charge is 0.378 e. The maximum atomic E-state index is 11.3. The van der Waals surface area contributed by atoms with Crippen LogP contribution < -0.4 is 10.9 Å². The zero-order valence-corrected chi connectivity index (χ0v) is 11.3. The van der Waals surface area contributed by atoms with Crippen LogP contribution in [0.5, 0.6) is 0 Å². The number of hydrogen-bond donors (Lipinski definition) is 2. The molecule has 0 spiro atoms. The van der Waals surface area contributed by atoms with Gasteiger partial charge in [-0.2, -0.15) is 0 Å². The highest BCUT2D eigenvalue weighted by atomic mass is 79.9. The zero-order chi connectivity index (χ0) is 12.3. The molecule has 94 valence electrons. The van der Waals surface area contributed by atoms with E-state index in [1.165, 1.54) is 6.33 Å². The molecule has 5 nitrogen and oxygen atoms in total. The maximum absolute atomic E-state index is 11.3. The van der Waals surface area contributed by atoms with Gasteiger partial charge < -0.3 is 15.0 Å². The van der Waals surface area contributed by atoms with E-state index < -0.39 is 0 Å². The van der Waals surface area contributed by atoms with Crippen molar-refractivity contribution in [1.82, 2.24) is 9.97 Å². The summed E-state index contributed by atoms with van der Waals surface area (Å²) in [5.41, 5.74) is -0.169. The van der Waals surface area contributed by atoms with Crippen molar-refractivity contribution >= 4 is 21.7 Å². The molecule has 2 rings (SSSR count). The van der Waals surface area contributed by atoms with Crippen LogP contribution in [-0.4, -0.2) is 29.2 Å². The van der Waals surface area contributed by atoms with Crippen LogP contribution in [0.25, 0.3) is 0 Å². The number of aromatic amines is 1. The summed E-state index contributed by atoms with van der Waals surface area (Å²) in [5, 5.41) is 3.20. The fraction of sp³-hybridized carbons (Fsp3) is 0.636.